The Bertz CT molecular complexity index is 473. The van der Waals surface area contributed by atoms with Crippen molar-refractivity contribution in [3.63, 3.8) is 0 Å². The molecule has 0 heterocycles. The van der Waals surface area contributed by atoms with E-state index in [1.807, 2.05) is 48.5 Å². The van der Waals surface area contributed by atoms with Gasteiger partial charge in [-0.15, -0.1) is 0 Å². The molecule has 3 nitrogen and oxygen atoms in total. The SMILES string of the molecule is COCCN(CCOc1ccccc1)c1ccccc1. The summed E-state index contributed by atoms with van der Waals surface area (Å²) < 4.78 is 10.9. The van der Waals surface area contributed by atoms with Crippen LogP contribution in [0.2, 0.25) is 0 Å². The minimum absolute atomic E-state index is 0.655. The Morgan fingerprint density at radius 1 is 0.800 bits per heavy atom. The predicted molar refractivity (Wildman–Crippen MR) is 82.5 cm³/mol. The predicted octanol–water partition coefficient (Wildman–Crippen LogP) is 3.22. The lowest BCUT2D eigenvalue weighted by molar-refractivity contribution is 0.203. The van der Waals surface area contributed by atoms with E-state index in [1.165, 1.54) is 5.69 Å². The largest absolute Gasteiger partial charge is 0.492 e. The molecular formula is C17H21NO2. The fraction of sp³-hybridized carbons (Fsp3) is 0.294. The van der Waals surface area contributed by atoms with Gasteiger partial charge in [-0.2, -0.15) is 0 Å². The highest BCUT2D eigenvalue weighted by atomic mass is 16.5. The normalized spacial score (nSPS) is 10.2. The van der Waals surface area contributed by atoms with Gasteiger partial charge in [-0.25, -0.2) is 0 Å². The monoisotopic (exact) mass is 271 g/mol. The van der Waals surface area contributed by atoms with Gasteiger partial charge in [0.1, 0.15) is 12.4 Å². The molecule has 0 spiro atoms. The second kappa shape index (κ2) is 8.23. The highest BCUT2D eigenvalue weighted by molar-refractivity contribution is 5.45. The Morgan fingerprint density at radius 2 is 1.40 bits per heavy atom. The van der Waals surface area contributed by atoms with Gasteiger partial charge in [0, 0.05) is 19.3 Å². The Hall–Kier alpha value is -2.00. The second-order valence-corrected chi connectivity index (χ2v) is 4.48. The smallest absolute Gasteiger partial charge is 0.119 e. The van der Waals surface area contributed by atoms with Crippen LogP contribution in [0.4, 0.5) is 5.69 Å². The molecule has 2 aromatic rings. The molecule has 0 fully saturated rings. The first kappa shape index (κ1) is 14.4. The van der Waals surface area contributed by atoms with Crippen molar-refractivity contribution < 1.29 is 9.47 Å². The van der Waals surface area contributed by atoms with Crippen LogP contribution in [0.15, 0.2) is 60.7 Å². The Morgan fingerprint density at radius 3 is 2.05 bits per heavy atom. The molecule has 20 heavy (non-hydrogen) atoms. The number of hydrogen-bond donors (Lipinski definition) is 0. The molecule has 0 unspecified atom stereocenters. The summed E-state index contributed by atoms with van der Waals surface area (Å²) in [5, 5.41) is 0. The average molecular weight is 271 g/mol. The van der Waals surface area contributed by atoms with Crippen LogP contribution in [0.1, 0.15) is 0 Å². The van der Waals surface area contributed by atoms with E-state index in [9.17, 15) is 0 Å². The summed E-state index contributed by atoms with van der Waals surface area (Å²) in [6, 6.07) is 20.2. The molecular weight excluding hydrogens is 250 g/mol. The van der Waals surface area contributed by atoms with E-state index >= 15 is 0 Å². The fourth-order valence-electron chi connectivity index (χ4n) is 2.00. The zero-order valence-corrected chi connectivity index (χ0v) is 11.9. The van der Waals surface area contributed by atoms with Gasteiger partial charge in [-0.3, -0.25) is 0 Å². The quantitative estimate of drug-likeness (QED) is 0.736. The summed E-state index contributed by atoms with van der Waals surface area (Å²) in [5.74, 6) is 0.909. The van der Waals surface area contributed by atoms with E-state index in [0.29, 0.717) is 13.2 Å². The molecule has 3 heteroatoms. The van der Waals surface area contributed by atoms with Crippen molar-refractivity contribution in [2.24, 2.45) is 0 Å². The van der Waals surface area contributed by atoms with Crippen LogP contribution in [0.3, 0.4) is 0 Å². The number of benzene rings is 2. The number of rotatable bonds is 8. The lowest BCUT2D eigenvalue weighted by Crippen LogP contribution is -2.31. The molecule has 0 amide bonds. The zero-order valence-electron chi connectivity index (χ0n) is 11.9. The van der Waals surface area contributed by atoms with Gasteiger partial charge in [0.15, 0.2) is 0 Å². The molecule has 2 aromatic carbocycles. The van der Waals surface area contributed by atoms with Crippen molar-refractivity contribution in [1.29, 1.82) is 0 Å². The van der Waals surface area contributed by atoms with Gasteiger partial charge in [0.05, 0.1) is 13.2 Å². The van der Waals surface area contributed by atoms with Crippen molar-refractivity contribution in [2.45, 2.75) is 0 Å². The summed E-state index contributed by atoms with van der Waals surface area (Å²) in [6.45, 7) is 3.06. The van der Waals surface area contributed by atoms with Crippen LogP contribution in [0.5, 0.6) is 5.75 Å². The summed E-state index contributed by atoms with van der Waals surface area (Å²) in [5.41, 5.74) is 1.20. The Kier molecular flexibility index (Phi) is 5.93. The van der Waals surface area contributed by atoms with Gasteiger partial charge in [-0.1, -0.05) is 36.4 Å². The van der Waals surface area contributed by atoms with Crippen LogP contribution in [0.25, 0.3) is 0 Å². The van der Waals surface area contributed by atoms with Crippen LogP contribution in [-0.4, -0.2) is 33.4 Å². The van der Waals surface area contributed by atoms with Gasteiger partial charge in [0.2, 0.25) is 0 Å². The third-order valence-corrected chi connectivity index (χ3v) is 3.06. The first-order valence-electron chi connectivity index (χ1n) is 6.87. The van der Waals surface area contributed by atoms with Crippen LogP contribution in [0, 0.1) is 0 Å². The lowest BCUT2D eigenvalue weighted by Gasteiger charge is -2.24. The second-order valence-electron chi connectivity index (χ2n) is 4.48. The molecule has 0 aliphatic carbocycles. The summed E-state index contributed by atoms with van der Waals surface area (Å²) >= 11 is 0. The number of nitrogens with zero attached hydrogens (tertiary/aromatic N) is 1. The molecule has 106 valence electrons. The highest BCUT2D eigenvalue weighted by Gasteiger charge is 2.05. The molecule has 0 N–H and O–H groups in total. The molecule has 0 radical (unpaired) electrons. The first-order valence-corrected chi connectivity index (χ1v) is 6.87. The number of hydrogen-bond acceptors (Lipinski definition) is 3. The highest BCUT2D eigenvalue weighted by Crippen LogP contribution is 2.13. The van der Waals surface area contributed by atoms with Crippen LogP contribution in [-0.2, 0) is 4.74 Å². The van der Waals surface area contributed by atoms with E-state index in [1.54, 1.807) is 7.11 Å². The van der Waals surface area contributed by atoms with Gasteiger partial charge >= 0.3 is 0 Å². The summed E-state index contributed by atoms with van der Waals surface area (Å²) in [7, 11) is 1.73. The van der Waals surface area contributed by atoms with E-state index < -0.39 is 0 Å². The number of ether oxygens (including phenoxy) is 2. The Labute approximate surface area is 120 Å². The zero-order chi connectivity index (χ0) is 14.0. The van der Waals surface area contributed by atoms with Gasteiger partial charge in [-0.05, 0) is 24.3 Å². The third-order valence-electron chi connectivity index (χ3n) is 3.06. The van der Waals surface area contributed by atoms with Crippen molar-refractivity contribution in [3.8, 4) is 5.75 Å². The number of methoxy groups -OCH3 is 1. The summed E-state index contributed by atoms with van der Waals surface area (Å²) in [6.07, 6.45) is 0. The average Bonchev–Trinajstić information content (AvgIpc) is 2.52. The molecule has 0 aliphatic heterocycles. The summed E-state index contributed by atoms with van der Waals surface area (Å²) in [4.78, 5) is 2.27. The first-order chi connectivity index (χ1) is 9.90. The van der Waals surface area contributed by atoms with Crippen molar-refractivity contribution in [1.82, 2.24) is 0 Å². The minimum atomic E-state index is 0.655. The maximum atomic E-state index is 5.76. The van der Waals surface area contributed by atoms with Gasteiger partial charge in [0.25, 0.3) is 0 Å². The molecule has 0 aromatic heterocycles. The third kappa shape index (κ3) is 4.59. The maximum Gasteiger partial charge on any atom is 0.119 e. The van der Waals surface area contributed by atoms with Crippen LogP contribution >= 0.6 is 0 Å². The fourth-order valence-corrected chi connectivity index (χ4v) is 2.00. The van der Waals surface area contributed by atoms with Crippen molar-refractivity contribution >= 4 is 5.69 Å². The van der Waals surface area contributed by atoms with E-state index in [4.69, 9.17) is 9.47 Å². The van der Waals surface area contributed by atoms with Crippen LogP contribution < -0.4 is 9.64 Å². The maximum absolute atomic E-state index is 5.76. The van der Waals surface area contributed by atoms with E-state index in [2.05, 4.69) is 17.0 Å². The van der Waals surface area contributed by atoms with Crippen molar-refractivity contribution in [3.05, 3.63) is 60.7 Å². The van der Waals surface area contributed by atoms with Gasteiger partial charge < -0.3 is 14.4 Å². The Balaban J connectivity index is 1.88. The molecule has 0 bridgehead atoms. The topological polar surface area (TPSA) is 21.7 Å². The molecule has 0 atom stereocenters. The molecule has 0 saturated heterocycles. The van der Waals surface area contributed by atoms with E-state index in [0.717, 1.165) is 18.8 Å². The standard InChI is InChI=1S/C17H21NO2/c1-19-14-12-18(16-8-4-2-5-9-16)13-15-20-17-10-6-3-7-11-17/h2-11H,12-15H2,1H3. The lowest BCUT2D eigenvalue weighted by atomic mass is 10.3. The number of para-hydroxylation sites is 2. The number of anilines is 1. The van der Waals surface area contributed by atoms with E-state index in [-0.39, 0.29) is 0 Å². The van der Waals surface area contributed by atoms with Crippen molar-refractivity contribution in [2.75, 3.05) is 38.3 Å². The minimum Gasteiger partial charge on any atom is -0.492 e. The molecule has 2 rings (SSSR count). The molecule has 0 saturated carbocycles. The molecule has 0 aliphatic rings.